The Hall–Kier alpha value is -1.63. The van der Waals surface area contributed by atoms with Crippen LogP contribution in [-0.2, 0) is 4.79 Å². The van der Waals surface area contributed by atoms with Gasteiger partial charge in [-0.1, -0.05) is 0 Å². The maximum Gasteiger partial charge on any atom is 0.323 e. The average molecular weight is 354 g/mol. The minimum Gasteiger partial charge on any atom is -0.481 e. The maximum atomic E-state index is 12.1. The quantitative estimate of drug-likeness (QED) is 0.874. The SMILES string of the molecule is O=C(O)C1CCN(C(=O)Nc2ccc(Br)c(C3CC3)n2)C1. The highest BCUT2D eigenvalue weighted by molar-refractivity contribution is 9.10. The first-order chi connectivity index (χ1) is 10.0. The van der Waals surface area contributed by atoms with Gasteiger partial charge in [0.25, 0.3) is 0 Å². The summed E-state index contributed by atoms with van der Waals surface area (Å²) < 4.78 is 0.968. The molecular weight excluding hydrogens is 338 g/mol. The van der Waals surface area contributed by atoms with E-state index in [1.807, 2.05) is 6.07 Å². The molecule has 0 spiro atoms. The first-order valence-electron chi connectivity index (χ1n) is 7.00. The van der Waals surface area contributed by atoms with Gasteiger partial charge in [-0.3, -0.25) is 10.1 Å². The van der Waals surface area contributed by atoms with E-state index >= 15 is 0 Å². The van der Waals surface area contributed by atoms with Gasteiger partial charge in [-0.25, -0.2) is 9.78 Å². The molecule has 1 saturated heterocycles. The van der Waals surface area contributed by atoms with E-state index in [4.69, 9.17) is 5.11 Å². The summed E-state index contributed by atoms with van der Waals surface area (Å²) in [6, 6.07) is 3.36. The fraction of sp³-hybridized carbons (Fsp3) is 0.500. The predicted octanol–water partition coefficient (Wildman–Crippen LogP) is 2.66. The molecule has 112 valence electrons. The molecule has 0 aromatic carbocycles. The third-order valence-corrected chi connectivity index (χ3v) is 4.57. The highest BCUT2D eigenvalue weighted by atomic mass is 79.9. The van der Waals surface area contributed by atoms with Gasteiger partial charge in [0.05, 0.1) is 11.6 Å². The molecule has 1 aliphatic carbocycles. The van der Waals surface area contributed by atoms with Gasteiger partial charge in [-0.15, -0.1) is 0 Å². The van der Waals surface area contributed by atoms with Crippen LogP contribution in [0.3, 0.4) is 0 Å². The monoisotopic (exact) mass is 353 g/mol. The molecule has 1 aromatic heterocycles. The van der Waals surface area contributed by atoms with Crippen molar-refractivity contribution >= 4 is 33.7 Å². The largest absolute Gasteiger partial charge is 0.481 e. The van der Waals surface area contributed by atoms with Crippen LogP contribution >= 0.6 is 15.9 Å². The van der Waals surface area contributed by atoms with E-state index in [1.165, 1.54) is 4.90 Å². The smallest absolute Gasteiger partial charge is 0.323 e. The van der Waals surface area contributed by atoms with Crippen LogP contribution in [0.4, 0.5) is 10.6 Å². The number of rotatable bonds is 3. The fourth-order valence-corrected chi connectivity index (χ4v) is 3.05. The van der Waals surface area contributed by atoms with Crippen molar-refractivity contribution in [1.82, 2.24) is 9.88 Å². The van der Waals surface area contributed by atoms with Gasteiger partial charge < -0.3 is 10.0 Å². The van der Waals surface area contributed by atoms with Crippen molar-refractivity contribution in [3.63, 3.8) is 0 Å². The molecule has 1 aliphatic heterocycles. The molecule has 1 saturated carbocycles. The number of urea groups is 1. The number of nitrogens with one attached hydrogen (secondary N) is 1. The van der Waals surface area contributed by atoms with Gasteiger partial charge in [0.2, 0.25) is 0 Å². The van der Waals surface area contributed by atoms with Crippen LogP contribution in [-0.4, -0.2) is 40.1 Å². The molecular formula is C14H16BrN3O3. The van der Waals surface area contributed by atoms with Crippen LogP contribution in [0.5, 0.6) is 0 Å². The molecule has 1 aromatic rings. The third-order valence-electron chi connectivity index (χ3n) is 3.90. The summed E-state index contributed by atoms with van der Waals surface area (Å²) in [6.07, 6.45) is 2.77. The number of pyridine rings is 1. The summed E-state index contributed by atoms with van der Waals surface area (Å²) in [5.41, 5.74) is 0.984. The number of likely N-dealkylation sites (tertiary alicyclic amines) is 1. The predicted molar refractivity (Wildman–Crippen MR) is 80.2 cm³/mol. The molecule has 1 atom stereocenters. The highest BCUT2D eigenvalue weighted by Crippen LogP contribution is 2.42. The second-order valence-corrected chi connectivity index (χ2v) is 6.39. The summed E-state index contributed by atoms with van der Waals surface area (Å²) >= 11 is 3.48. The molecule has 2 aliphatic rings. The number of hydrogen-bond acceptors (Lipinski definition) is 3. The van der Waals surface area contributed by atoms with E-state index in [0.29, 0.717) is 24.7 Å². The zero-order valence-electron chi connectivity index (χ0n) is 11.4. The first-order valence-corrected chi connectivity index (χ1v) is 7.79. The van der Waals surface area contributed by atoms with Crippen LogP contribution in [0.15, 0.2) is 16.6 Å². The number of aromatic nitrogens is 1. The van der Waals surface area contributed by atoms with Crippen LogP contribution in [0, 0.1) is 5.92 Å². The molecule has 7 heteroatoms. The number of carboxylic acids is 1. The minimum absolute atomic E-state index is 0.257. The van der Waals surface area contributed by atoms with Crippen molar-refractivity contribution in [2.24, 2.45) is 5.92 Å². The summed E-state index contributed by atoms with van der Waals surface area (Å²) in [4.78, 5) is 29.1. The fourth-order valence-electron chi connectivity index (χ4n) is 2.51. The molecule has 2 amide bonds. The Labute approximate surface area is 130 Å². The number of nitrogens with zero attached hydrogens (tertiary/aromatic N) is 2. The first kappa shape index (κ1) is 14.3. The molecule has 6 nitrogen and oxygen atoms in total. The molecule has 3 rings (SSSR count). The lowest BCUT2D eigenvalue weighted by Crippen LogP contribution is -2.34. The Morgan fingerprint density at radius 1 is 1.33 bits per heavy atom. The molecule has 0 radical (unpaired) electrons. The maximum absolute atomic E-state index is 12.1. The van der Waals surface area contributed by atoms with Gasteiger partial charge in [-0.2, -0.15) is 0 Å². The molecule has 21 heavy (non-hydrogen) atoms. The van der Waals surface area contributed by atoms with E-state index in [9.17, 15) is 9.59 Å². The molecule has 0 bridgehead atoms. The van der Waals surface area contributed by atoms with E-state index in [0.717, 1.165) is 23.0 Å². The lowest BCUT2D eigenvalue weighted by atomic mass is 10.1. The lowest BCUT2D eigenvalue weighted by Gasteiger charge is -2.16. The number of aliphatic carboxylic acids is 1. The summed E-state index contributed by atoms with van der Waals surface area (Å²) in [7, 11) is 0. The summed E-state index contributed by atoms with van der Waals surface area (Å²) in [6.45, 7) is 0.724. The zero-order valence-corrected chi connectivity index (χ0v) is 13.0. The number of carbonyl (C=O) groups is 2. The van der Waals surface area contributed by atoms with Gasteiger partial charge in [0.15, 0.2) is 0 Å². The number of carbonyl (C=O) groups excluding carboxylic acids is 1. The van der Waals surface area contributed by atoms with Crippen molar-refractivity contribution in [3.05, 3.63) is 22.3 Å². The number of carboxylic acid groups (broad SMARTS) is 1. The van der Waals surface area contributed by atoms with Crippen LogP contribution in [0.2, 0.25) is 0 Å². The topological polar surface area (TPSA) is 82.5 Å². The number of anilines is 1. The van der Waals surface area contributed by atoms with Crippen LogP contribution < -0.4 is 5.32 Å². The summed E-state index contributed by atoms with van der Waals surface area (Å²) in [5, 5.41) is 11.7. The van der Waals surface area contributed by atoms with Crippen LogP contribution in [0.1, 0.15) is 30.9 Å². The van der Waals surface area contributed by atoms with Crippen LogP contribution in [0.25, 0.3) is 0 Å². The van der Waals surface area contributed by atoms with Crippen molar-refractivity contribution in [2.45, 2.75) is 25.2 Å². The van der Waals surface area contributed by atoms with Crippen molar-refractivity contribution in [3.8, 4) is 0 Å². The number of halogens is 1. The van der Waals surface area contributed by atoms with Gasteiger partial charge >= 0.3 is 12.0 Å². The second kappa shape index (κ2) is 5.63. The standard InChI is InChI=1S/C14H16BrN3O3/c15-10-3-4-11(16-12(10)8-1-2-8)17-14(21)18-6-5-9(7-18)13(19)20/h3-4,8-9H,1-2,5-7H2,(H,19,20)(H,16,17,21). The summed E-state index contributed by atoms with van der Waals surface area (Å²) in [5.74, 6) is -0.304. The Morgan fingerprint density at radius 3 is 2.71 bits per heavy atom. The van der Waals surface area contributed by atoms with Gasteiger partial charge in [0, 0.05) is 23.5 Å². The number of amides is 2. The van der Waals surface area contributed by atoms with Crippen molar-refractivity contribution < 1.29 is 14.7 Å². The van der Waals surface area contributed by atoms with Gasteiger partial charge in [-0.05, 0) is 47.3 Å². The third kappa shape index (κ3) is 3.18. The van der Waals surface area contributed by atoms with Crippen molar-refractivity contribution in [1.29, 1.82) is 0 Å². The second-order valence-electron chi connectivity index (χ2n) is 5.54. The molecule has 2 N–H and O–H groups in total. The minimum atomic E-state index is -0.844. The molecule has 1 unspecified atom stereocenters. The Kier molecular flexibility index (Phi) is 3.84. The van der Waals surface area contributed by atoms with E-state index in [1.54, 1.807) is 6.07 Å². The lowest BCUT2D eigenvalue weighted by molar-refractivity contribution is -0.141. The van der Waals surface area contributed by atoms with Gasteiger partial charge in [0.1, 0.15) is 5.82 Å². The van der Waals surface area contributed by atoms with E-state index in [2.05, 4.69) is 26.2 Å². The number of hydrogen-bond donors (Lipinski definition) is 2. The molecule has 2 heterocycles. The van der Waals surface area contributed by atoms with E-state index < -0.39 is 11.9 Å². The average Bonchev–Trinajstić information content (AvgIpc) is 3.16. The van der Waals surface area contributed by atoms with E-state index in [-0.39, 0.29) is 12.6 Å². The Balaban J connectivity index is 1.65. The highest BCUT2D eigenvalue weighted by Gasteiger charge is 2.31. The molecule has 2 fully saturated rings. The normalized spacial score (nSPS) is 21.4. The Bertz CT molecular complexity index is 589. The van der Waals surface area contributed by atoms with Crippen molar-refractivity contribution in [2.75, 3.05) is 18.4 Å². The zero-order chi connectivity index (χ0) is 15.0. The Morgan fingerprint density at radius 2 is 2.10 bits per heavy atom.